The smallest absolute Gasteiger partial charge is 0.302 e. The zero-order valence-corrected chi connectivity index (χ0v) is 15.6. The molecule has 0 aromatic heterocycles. The van der Waals surface area contributed by atoms with Gasteiger partial charge in [-0.3, -0.25) is 4.79 Å². The minimum atomic E-state index is -3.40. The lowest BCUT2D eigenvalue weighted by molar-refractivity contribution is -0.129. The number of likely N-dealkylation sites (tertiary alicyclic amines) is 1. The van der Waals surface area contributed by atoms with E-state index < -0.39 is 12.0 Å². The van der Waals surface area contributed by atoms with Crippen LogP contribution in [0.5, 0.6) is 5.75 Å². The zero-order valence-electron chi connectivity index (χ0n) is 15.6. The van der Waals surface area contributed by atoms with Gasteiger partial charge in [-0.2, -0.15) is 8.78 Å². The van der Waals surface area contributed by atoms with E-state index in [1.807, 2.05) is 24.3 Å². The van der Waals surface area contributed by atoms with Gasteiger partial charge in [-0.1, -0.05) is 54.6 Å². The second kappa shape index (κ2) is 8.52. The van der Waals surface area contributed by atoms with Crippen LogP contribution in [0.4, 0.5) is 8.78 Å². The fourth-order valence-corrected chi connectivity index (χ4v) is 3.27. The zero-order chi connectivity index (χ0) is 20.1. The first kappa shape index (κ1) is 20.0. The summed E-state index contributed by atoms with van der Waals surface area (Å²) in [5.41, 5.74) is 0.675. The first-order valence-electron chi connectivity index (χ1n) is 9.14. The average Bonchev–Trinajstić information content (AvgIpc) is 3.06. The number of aliphatic hydroxyl groups excluding tert-OH is 1. The van der Waals surface area contributed by atoms with E-state index in [2.05, 4.69) is 0 Å². The van der Waals surface area contributed by atoms with Crippen molar-refractivity contribution >= 4 is 5.91 Å². The molecule has 2 atom stereocenters. The number of amides is 1. The van der Waals surface area contributed by atoms with Crippen LogP contribution in [0.1, 0.15) is 24.0 Å². The molecule has 2 aromatic carbocycles. The Bertz CT molecular complexity index is 821. The molecule has 0 spiro atoms. The van der Waals surface area contributed by atoms with E-state index >= 15 is 0 Å². The molecule has 4 nitrogen and oxygen atoms in total. The third-order valence-electron chi connectivity index (χ3n) is 4.93. The Morgan fingerprint density at radius 1 is 1.21 bits per heavy atom. The Kier molecular flexibility index (Phi) is 6.09. The molecule has 2 aromatic rings. The molecule has 1 aliphatic rings. The van der Waals surface area contributed by atoms with Crippen LogP contribution in [0.3, 0.4) is 0 Å². The number of alkyl halides is 2. The first-order valence-corrected chi connectivity index (χ1v) is 9.14. The Labute approximate surface area is 163 Å². The van der Waals surface area contributed by atoms with Crippen molar-refractivity contribution in [2.24, 2.45) is 0 Å². The van der Waals surface area contributed by atoms with Crippen LogP contribution >= 0.6 is 0 Å². The number of rotatable bonds is 7. The van der Waals surface area contributed by atoms with Crippen molar-refractivity contribution in [1.29, 1.82) is 0 Å². The highest BCUT2D eigenvalue weighted by Gasteiger charge is 2.39. The van der Waals surface area contributed by atoms with Crippen LogP contribution in [0, 0.1) is 0 Å². The van der Waals surface area contributed by atoms with Crippen LogP contribution in [-0.4, -0.2) is 35.2 Å². The van der Waals surface area contributed by atoms with Crippen LogP contribution in [0.25, 0.3) is 0 Å². The Balaban J connectivity index is 1.70. The fourth-order valence-electron chi connectivity index (χ4n) is 3.27. The lowest BCUT2D eigenvalue weighted by Gasteiger charge is -2.24. The van der Waals surface area contributed by atoms with Gasteiger partial charge >= 0.3 is 5.92 Å². The molecule has 0 saturated carbocycles. The summed E-state index contributed by atoms with van der Waals surface area (Å²) in [5.74, 6) is -2.71. The normalized spacial score (nSPS) is 18.6. The summed E-state index contributed by atoms with van der Waals surface area (Å²) in [7, 11) is 1.58. The van der Waals surface area contributed by atoms with E-state index in [4.69, 9.17) is 4.74 Å². The van der Waals surface area contributed by atoms with E-state index in [0.29, 0.717) is 19.4 Å². The lowest BCUT2D eigenvalue weighted by Crippen LogP contribution is -2.33. The molecule has 1 fully saturated rings. The SMILES string of the molecule is COc1ccc(CN2C(=O)CC[C@@H]2C=C[C@H](O)C(F)(F)c2ccccc2)cc1. The highest BCUT2D eigenvalue weighted by Crippen LogP contribution is 2.33. The van der Waals surface area contributed by atoms with Gasteiger partial charge in [0.05, 0.1) is 13.2 Å². The minimum Gasteiger partial charge on any atom is -0.497 e. The van der Waals surface area contributed by atoms with E-state index in [1.54, 1.807) is 18.1 Å². The fraction of sp³-hybridized carbons (Fsp3) is 0.318. The van der Waals surface area contributed by atoms with Crippen molar-refractivity contribution in [2.45, 2.75) is 37.5 Å². The minimum absolute atomic E-state index is 0.0326. The van der Waals surface area contributed by atoms with E-state index in [9.17, 15) is 18.7 Å². The quantitative estimate of drug-likeness (QED) is 0.734. The molecule has 0 aliphatic carbocycles. The number of ether oxygens (including phenoxy) is 1. The molecule has 3 rings (SSSR count). The summed E-state index contributed by atoms with van der Waals surface area (Å²) in [6.07, 6.45) is 1.53. The molecular weight excluding hydrogens is 364 g/mol. The Morgan fingerprint density at radius 2 is 1.89 bits per heavy atom. The Hall–Kier alpha value is -2.73. The molecule has 148 valence electrons. The number of hydrogen-bond acceptors (Lipinski definition) is 3. The second-order valence-electron chi connectivity index (χ2n) is 6.79. The Morgan fingerprint density at radius 3 is 2.54 bits per heavy atom. The molecule has 0 bridgehead atoms. The molecule has 0 unspecified atom stereocenters. The summed E-state index contributed by atoms with van der Waals surface area (Å²) in [6.45, 7) is 0.378. The van der Waals surface area contributed by atoms with Gasteiger partial charge < -0.3 is 14.7 Å². The van der Waals surface area contributed by atoms with Gasteiger partial charge in [0.25, 0.3) is 0 Å². The topological polar surface area (TPSA) is 49.8 Å². The monoisotopic (exact) mass is 387 g/mol. The maximum absolute atomic E-state index is 14.4. The number of carbonyl (C=O) groups is 1. The van der Waals surface area contributed by atoms with Gasteiger partial charge in [-0.15, -0.1) is 0 Å². The van der Waals surface area contributed by atoms with Crippen molar-refractivity contribution in [3.63, 3.8) is 0 Å². The van der Waals surface area contributed by atoms with Gasteiger partial charge in [-0.25, -0.2) is 0 Å². The molecule has 1 heterocycles. The summed E-state index contributed by atoms with van der Waals surface area (Å²) >= 11 is 0. The van der Waals surface area contributed by atoms with E-state index in [1.165, 1.54) is 30.3 Å². The van der Waals surface area contributed by atoms with Gasteiger partial charge in [0.15, 0.2) is 0 Å². The number of hydrogen-bond donors (Lipinski definition) is 1. The highest BCUT2D eigenvalue weighted by molar-refractivity contribution is 5.79. The van der Waals surface area contributed by atoms with Crippen molar-refractivity contribution < 1.29 is 23.4 Å². The molecule has 0 radical (unpaired) electrons. The molecule has 1 amide bonds. The summed E-state index contributed by atoms with van der Waals surface area (Å²) in [5, 5.41) is 10.0. The van der Waals surface area contributed by atoms with Crippen LogP contribution in [-0.2, 0) is 17.3 Å². The van der Waals surface area contributed by atoms with Crippen LogP contribution < -0.4 is 4.74 Å². The van der Waals surface area contributed by atoms with E-state index in [-0.39, 0.29) is 17.5 Å². The van der Waals surface area contributed by atoms with Gasteiger partial charge in [0, 0.05) is 18.5 Å². The summed E-state index contributed by atoms with van der Waals surface area (Å²) < 4.78 is 34.0. The van der Waals surface area contributed by atoms with Crippen molar-refractivity contribution in [3.8, 4) is 5.75 Å². The second-order valence-corrected chi connectivity index (χ2v) is 6.79. The van der Waals surface area contributed by atoms with Gasteiger partial charge in [-0.05, 0) is 24.1 Å². The molecule has 6 heteroatoms. The summed E-state index contributed by atoms with van der Waals surface area (Å²) in [4.78, 5) is 13.9. The molecule has 1 saturated heterocycles. The molecular formula is C22H23F2NO3. The molecule has 1 N–H and O–H groups in total. The number of carbonyl (C=O) groups excluding carboxylic acids is 1. The van der Waals surface area contributed by atoms with Crippen LogP contribution in [0.2, 0.25) is 0 Å². The summed E-state index contributed by atoms with van der Waals surface area (Å²) in [6, 6.07) is 14.2. The maximum Gasteiger partial charge on any atom is 0.302 e. The molecule has 28 heavy (non-hydrogen) atoms. The number of benzene rings is 2. The third-order valence-corrected chi connectivity index (χ3v) is 4.93. The third kappa shape index (κ3) is 4.39. The predicted molar refractivity (Wildman–Crippen MR) is 102 cm³/mol. The van der Waals surface area contributed by atoms with Crippen molar-refractivity contribution in [3.05, 3.63) is 77.9 Å². The largest absolute Gasteiger partial charge is 0.497 e. The predicted octanol–water partition coefficient (Wildman–Crippen LogP) is 3.90. The van der Waals surface area contributed by atoms with Gasteiger partial charge in [0.1, 0.15) is 11.9 Å². The number of nitrogens with zero attached hydrogens (tertiary/aromatic N) is 1. The van der Waals surface area contributed by atoms with Gasteiger partial charge in [0.2, 0.25) is 5.91 Å². The maximum atomic E-state index is 14.4. The first-order chi connectivity index (χ1) is 13.4. The van der Waals surface area contributed by atoms with E-state index in [0.717, 1.165) is 17.4 Å². The number of aliphatic hydroxyl groups is 1. The number of halogens is 2. The number of methoxy groups -OCH3 is 1. The van der Waals surface area contributed by atoms with Crippen LogP contribution in [0.15, 0.2) is 66.7 Å². The lowest BCUT2D eigenvalue weighted by atomic mass is 10.0. The molecule has 1 aliphatic heterocycles. The van der Waals surface area contributed by atoms with Crippen molar-refractivity contribution in [2.75, 3.05) is 7.11 Å². The average molecular weight is 387 g/mol. The highest BCUT2D eigenvalue weighted by atomic mass is 19.3. The standard InChI is InChI=1S/C22H23F2NO3/c1-28-19-11-7-16(8-12-19)15-25-18(10-14-21(25)27)9-13-20(26)22(23,24)17-5-3-2-4-6-17/h2-9,11-13,18,20,26H,10,14-15H2,1H3/t18-,20-/m0/s1. The van der Waals surface area contributed by atoms with Crippen molar-refractivity contribution in [1.82, 2.24) is 4.90 Å².